The second kappa shape index (κ2) is 38.1. The monoisotopic (exact) mass is 1850 g/mol. The molecule has 36 heteroatoms. The number of nitrogens with zero attached hydrogens (tertiary/aromatic N) is 26. The highest BCUT2D eigenvalue weighted by Crippen LogP contribution is 2.50. The Hall–Kier alpha value is -13.7. The fourth-order valence-corrected chi connectivity index (χ4v) is 18.2. The summed E-state index contributed by atoms with van der Waals surface area (Å²) in [4.78, 5) is 120. The highest BCUT2D eigenvalue weighted by molar-refractivity contribution is 6.31. The molecule has 4 saturated carbocycles. The van der Waals surface area contributed by atoms with Crippen molar-refractivity contribution >= 4 is 94.4 Å². The standard InChI is InChI=1S/C27H30N8O.C27H33N7O.C23H28ClN7O.C21H25ClN8O/c1-17(2)22-15-33(3)26(36)35(22)23-9-12-29-25(31-23)32-27(10-11-27)24-21(14-28)34(16-30-24)20-6-4-5-19(13-20)18-7-8-18;1-18(2)22-15-32(3)26(35)34(22)24-10-13-28-25(30-24)31-27(11-5-12-27)23-16-33(17-29-23)21-7-4-6-20(14-21)19-8-9-19;1-15(2)18-12-29(5)22(32)31(18)20-10-11-25-21(27-20)28-23(3,4)19-13-30(14-26-19)17-8-6-16(24)7-9-17;1-13(2)17-11-28(4)21(31)30(17)18-9-10-23-20(26-18)25-14(3)19-24-12-29(27-19)16-7-5-15(22)6-8-16/h4-6,9,12-13,16-18,22H,7-8,10-11,15H2,1-3H3,(H,29,31,32);4,6-7,10,13-14,16-19,22H,5,8-9,11-12,15H2,1-3H3,(H,28,30,31);6-11,13-15,18H,12H2,1-5H3,(H,25,27,28);5-10,12-14,17H,11H2,1-4H3,(H,23,25,26)/t2*22-;18-;14-,17+/m1110/s1. The first-order valence-electron chi connectivity index (χ1n) is 46.1. The van der Waals surface area contributed by atoms with Crippen LogP contribution in [0.2, 0.25) is 10.0 Å². The van der Waals surface area contributed by atoms with Crippen molar-refractivity contribution in [1.29, 1.82) is 5.26 Å². The van der Waals surface area contributed by atoms with Gasteiger partial charge in [-0.2, -0.15) is 25.2 Å². The maximum absolute atomic E-state index is 12.9. The Kier molecular flexibility index (Phi) is 26.2. The Morgan fingerprint density at radius 3 is 1.33 bits per heavy atom. The lowest BCUT2D eigenvalue weighted by atomic mass is 9.74. The zero-order valence-electron chi connectivity index (χ0n) is 78.4. The van der Waals surface area contributed by atoms with Crippen LogP contribution in [0.15, 0.2) is 184 Å². The minimum absolute atomic E-state index is 0.0149. The van der Waals surface area contributed by atoms with Gasteiger partial charge in [0.1, 0.15) is 53.4 Å². The van der Waals surface area contributed by atoms with Crippen molar-refractivity contribution in [3.63, 3.8) is 0 Å². The van der Waals surface area contributed by atoms with Crippen LogP contribution in [0.3, 0.4) is 0 Å². The number of carbonyl (C=O) groups is 4. The van der Waals surface area contributed by atoms with Crippen molar-refractivity contribution in [3.8, 4) is 28.8 Å². The molecular formula is C98H116Cl2N30O4. The van der Waals surface area contributed by atoms with Gasteiger partial charge >= 0.3 is 24.1 Å². The van der Waals surface area contributed by atoms with Gasteiger partial charge in [-0.1, -0.05) is 103 Å². The van der Waals surface area contributed by atoms with Gasteiger partial charge in [-0.05, 0) is 222 Å². The molecule has 134 heavy (non-hydrogen) atoms. The minimum atomic E-state index is -0.542. The molecule has 4 N–H and O–H groups in total. The van der Waals surface area contributed by atoms with E-state index in [1.807, 2.05) is 124 Å². The van der Waals surface area contributed by atoms with Gasteiger partial charge in [-0.15, -0.1) is 5.10 Å². The van der Waals surface area contributed by atoms with Crippen LogP contribution in [0, 0.1) is 35.0 Å². The predicted octanol–water partition coefficient (Wildman–Crippen LogP) is 17.7. The number of rotatable bonds is 26. The van der Waals surface area contributed by atoms with E-state index in [2.05, 4.69) is 181 Å². The summed E-state index contributed by atoms with van der Waals surface area (Å²) < 4.78 is 7.63. The number of carbonyl (C=O) groups excluding carboxylic acids is 4. The van der Waals surface area contributed by atoms with Gasteiger partial charge in [0.25, 0.3) is 0 Å². The number of halogens is 2. The van der Waals surface area contributed by atoms with Crippen LogP contribution in [0.25, 0.3) is 22.7 Å². The minimum Gasteiger partial charge on any atom is -0.344 e. The Morgan fingerprint density at radius 1 is 0.448 bits per heavy atom. The fourth-order valence-electron chi connectivity index (χ4n) is 17.9. The fraction of sp³-hybridized carbons (Fsp3) is 0.429. The molecule has 20 rings (SSSR count). The van der Waals surface area contributed by atoms with E-state index in [9.17, 15) is 24.4 Å². The van der Waals surface area contributed by atoms with Crippen molar-refractivity contribution < 1.29 is 19.2 Å². The van der Waals surface area contributed by atoms with Gasteiger partial charge in [0, 0.05) is 119 Å². The van der Waals surface area contributed by atoms with E-state index in [0.717, 1.165) is 72.2 Å². The largest absolute Gasteiger partial charge is 0.344 e. The number of aromatic nitrogens is 17. The smallest absolute Gasteiger partial charge is 0.325 e. The van der Waals surface area contributed by atoms with E-state index < -0.39 is 11.1 Å². The molecule has 8 aliphatic rings. The molecule has 12 aromatic rings. The van der Waals surface area contributed by atoms with Gasteiger partial charge in [0.2, 0.25) is 23.8 Å². The number of imidazole rings is 3. The van der Waals surface area contributed by atoms with Crippen LogP contribution < -0.4 is 40.9 Å². The molecule has 8 aromatic heterocycles. The highest BCUT2D eigenvalue weighted by atomic mass is 35.5. The summed E-state index contributed by atoms with van der Waals surface area (Å²) in [6.45, 7) is 25.6. The first-order valence-corrected chi connectivity index (χ1v) is 46.9. The third-order valence-corrected chi connectivity index (χ3v) is 27.0. The van der Waals surface area contributed by atoms with Crippen LogP contribution in [0.5, 0.6) is 0 Å². The van der Waals surface area contributed by atoms with Crippen molar-refractivity contribution in [2.45, 2.75) is 193 Å². The number of hydrogen-bond acceptors (Lipinski definition) is 22. The van der Waals surface area contributed by atoms with Gasteiger partial charge < -0.3 is 50.0 Å². The number of nitriles is 1. The van der Waals surface area contributed by atoms with Gasteiger partial charge in [-0.25, -0.2) is 63.7 Å². The molecule has 8 fully saturated rings. The molecule has 0 spiro atoms. The Bertz CT molecular complexity index is 6290. The van der Waals surface area contributed by atoms with E-state index in [0.29, 0.717) is 130 Å². The van der Waals surface area contributed by atoms with Crippen LogP contribution in [0.4, 0.5) is 66.2 Å². The van der Waals surface area contributed by atoms with Crippen molar-refractivity contribution in [1.82, 2.24) is 103 Å². The Labute approximate surface area is 791 Å². The van der Waals surface area contributed by atoms with E-state index in [4.69, 9.17) is 43.1 Å². The lowest BCUT2D eigenvalue weighted by Gasteiger charge is -2.41. The molecule has 4 aliphatic heterocycles. The SMILES string of the molecule is CC(C)[C@H]1CN(C)C(=O)N1c1ccnc(NC(C)(C)c2cn(-c3ccc(Cl)cc3)cn2)n1.CC(C)[C@H]1CN(C)C(=O)N1c1ccnc(NC2(c3cn(-c4cccc(C5CC5)c4)cn3)CCC2)n1.CC(C)[C@H]1CN(C)C(=O)N1c1ccnc(NC2(c3ncn(-c4cccc(C5CC5)c4)c3C#N)CC2)n1.CC(C)[C@H]1CN(C)C(=O)N1c1ccnc(N[C@@H](C)c2ncn(-c3ccc(Cl)cc3)n2)n1. The van der Waals surface area contributed by atoms with E-state index >= 15 is 0 Å². The molecule has 0 bridgehead atoms. The molecule has 8 amide bonds. The molecule has 0 radical (unpaired) electrons. The van der Waals surface area contributed by atoms with Crippen molar-refractivity contribution in [2.75, 3.05) is 95.2 Å². The van der Waals surface area contributed by atoms with Crippen molar-refractivity contribution in [2.24, 2.45) is 23.7 Å². The third-order valence-electron chi connectivity index (χ3n) is 26.5. The normalized spacial score (nSPS) is 19.2. The molecule has 4 saturated heterocycles. The maximum atomic E-state index is 12.9. The summed E-state index contributed by atoms with van der Waals surface area (Å²) in [5.41, 5.74) is 8.44. The lowest BCUT2D eigenvalue weighted by Crippen LogP contribution is -2.43. The number of anilines is 8. The Morgan fingerprint density at radius 2 is 0.873 bits per heavy atom. The maximum Gasteiger partial charge on any atom is 0.325 e. The average molecular weight is 1850 g/mol. The third kappa shape index (κ3) is 19.6. The quantitative estimate of drug-likeness (QED) is 0.0391. The van der Waals surface area contributed by atoms with Crippen LogP contribution in [-0.2, 0) is 16.6 Å². The summed E-state index contributed by atoms with van der Waals surface area (Å²) in [6.07, 6.45) is 27.7. The zero-order valence-corrected chi connectivity index (χ0v) is 79.9. The molecule has 5 atom stereocenters. The van der Waals surface area contributed by atoms with Crippen LogP contribution >= 0.6 is 23.2 Å². The van der Waals surface area contributed by atoms with E-state index in [1.165, 1.54) is 36.8 Å². The van der Waals surface area contributed by atoms with Gasteiger partial charge in [0.15, 0.2) is 5.82 Å². The number of hydrogen-bond donors (Lipinski definition) is 4. The molecule has 4 aliphatic carbocycles. The second-order valence-corrected chi connectivity index (χ2v) is 39.1. The van der Waals surface area contributed by atoms with E-state index in [-0.39, 0.29) is 59.9 Å². The summed E-state index contributed by atoms with van der Waals surface area (Å²) in [5.74, 6) is 7.43. The number of urea groups is 4. The molecule has 0 unspecified atom stereocenters. The molecule has 696 valence electrons. The average Bonchev–Trinajstić information content (AvgIpc) is 1.58. The van der Waals surface area contributed by atoms with E-state index in [1.54, 1.807) is 113 Å². The zero-order chi connectivity index (χ0) is 94.3. The first kappa shape index (κ1) is 92.2. The number of benzene rings is 4. The van der Waals surface area contributed by atoms with Crippen molar-refractivity contribution in [3.05, 3.63) is 234 Å². The second-order valence-electron chi connectivity index (χ2n) is 38.2. The van der Waals surface area contributed by atoms with Crippen LogP contribution in [-0.4, -0.2) is 206 Å². The summed E-state index contributed by atoms with van der Waals surface area (Å²) in [5, 5.41) is 29.7. The topological polar surface area (TPSA) is 353 Å². The predicted molar refractivity (Wildman–Crippen MR) is 518 cm³/mol. The highest BCUT2D eigenvalue weighted by Gasteiger charge is 2.51. The first-order chi connectivity index (χ1) is 64.3. The van der Waals surface area contributed by atoms with Crippen LogP contribution in [0.1, 0.15) is 192 Å². The molecular weight excluding hydrogens is 1730 g/mol. The number of amides is 8. The van der Waals surface area contributed by atoms with Gasteiger partial charge in [0.05, 0.1) is 76.6 Å². The summed E-state index contributed by atoms with van der Waals surface area (Å²) >= 11 is 11.9. The Balaban J connectivity index is 0.000000125. The summed E-state index contributed by atoms with van der Waals surface area (Å²) in [6, 6.07) is 41.5. The molecule has 34 nitrogen and oxygen atoms in total. The number of nitrogens with one attached hydrogen (secondary N) is 4. The molecule has 4 aromatic carbocycles. The summed E-state index contributed by atoms with van der Waals surface area (Å²) in [7, 11) is 7.29. The van der Waals surface area contributed by atoms with Gasteiger partial charge in [-0.3, -0.25) is 24.2 Å². The molecule has 12 heterocycles. The number of likely N-dealkylation sites (N-methyl/N-ethyl adjacent to an activating group) is 4. The lowest BCUT2D eigenvalue weighted by molar-refractivity contribution is 0.228.